The molecule has 0 unspecified atom stereocenters. The maximum absolute atomic E-state index is 11.7. The van der Waals surface area contributed by atoms with Gasteiger partial charge in [-0.15, -0.1) is 0 Å². The van der Waals surface area contributed by atoms with Crippen LogP contribution < -0.4 is 5.73 Å². The smallest absolute Gasteiger partial charge is 0.311 e. The van der Waals surface area contributed by atoms with Crippen LogP contribution in [0.25, 0.3) is 11.1 Å². The summed E-state index contributed by atoms with van der Waals surface area (Å²) in [5, 5.41) is 7.34. The number of amidine groups is 1. The Morgan fingerprint density at radius 3 is 2.42 bits per heavy atom. The van der Waals surface area contributed by atoms with E-state index in [1.54, 1.807) is 12.4 Å². The van der Waals surface area contributed by atoms with E-state index < -0.39 is 5.41 Å². The molecule has 0 amide bonds. The minimum absolute atomic E-state index is 0.156. The summed E-state index contributed by atoms with van der Waals surface area (Å²) >= 11 is 0. The average molecular weight is 355 g/mol. The molecular weight excluding hydrogens is 330 g/mol. The number of rotatable bonds is 7. The third-order valence-corrected chi connectivity index (χ3v) is 4.34. The molecule has 0 aliphatic heterocycles. The van der Waals surface area contributed by atoms with Crippen LogP contribution in [0, 0.1) is 17.7 Å². The van der Waals surface area contributed by atoms with Crippen LogP contribution in [0.3, 0.4) is 0 Å². The number of nitrogens with zero attached hydrogens (tertiary/aromatic N) is 3. The zero-order valence-corrected chi connectivity index (χ0v) is 15.7. The second kappa shape index (κ2) is 8.03. The lowest BCUT2D eigenvalue weighted by Gasteiger charge is -2.21. The SMILES string of the molecule is COC(=O)C(C)(C)CCCc1cc(C)c(-c2cnc(C(=N)N)nc2)cn1. The molecule has 0 saturated heterocycles. The molecule has 138 valence electrons. The van der Waals surface area contributed by atoms with Gasteiger partial charge in [0.25, 0.3) is 0 Å². The van der Waals surface area contributed by atoms with E-state index in [2.05, 4.69) is 15.0 Å². The molecular formula is C19H25N5O2. The summed E-state index contributed by atoms with van der Waals surface area (Å²) in [5.74, 6) is -0.133. The van der Waals surface area contributed by atoms with E-state index >= 15 is 0 Å². The maximum atomic E-state index is 11.7. The lowest BCUT2D eigenvalue weighted by molar-refractivity contribution is -0.151. The second-order valence-electron chi connectivity index (χ2n) is 6.93. The van der Waals surface area contributed by atoms with E-state index in [0.29, 0.717) is 0 Å². The molecule has 0 aromatic carbocycles. The van der Waals surface area contributed by atoms with Crippen molar-refractivity contribution in [1.82, 2.24) is 15.0 Å². The number of carbonyl (C=O) groups is 1. The van der Waals surface area contributed by atoms with Crippen molar-refractivity contribution in [2.45, 2.75) is 40.0 Å². The van der Waals surface area contributed by atoms with Crippen LogP contribution in [-0.2, 0) is 16.0 Å². The highest BCUT2D eigenvalue weighted by Gasteiger charge is 2.27. The summed E-state index contributed by atoms with van der Waals surface area (Å²) in [5.41, 5.74) is 8.71. The minimum Gasteiger partial charge on any atom is -0.469 e. The number of carbonyl (C=O) groups excluding carboxylic acids is 1. The van der Waals surface area contributed by atoms with Crippen LogP contribution in [0.4, 0.5) is 0 Å². The highest BCUT2D eigenvalue weighted by atomic mass is 16.5. The molecule has 0 fully saturated rings. The van der Waals surface area contributed by atoms with Crippen molar-refractivity contribution in [3.05, 3.63) is 41.7 Å². The van der Waals surface area contributed by atoms with Crippen LogP contribution in [0.1, 0.15) is 43.8 Å². The molecule has 7 heteroatoms. The van der Waals surface area contributed by atoms with Crippen LogP contribution in [0.2, 0.25) is 0 Å². The number of aryl methyl sites for hydroxylation is 2. The molecule has 2 rings (SSSR count). The molecule has 3 N–H and O–H groups in total. The Hall–Kier alpha value is -2.83. The lowest BCUT2D eigenvalue weighted by atomic mass is 9.87. The first-order valence-electron chi connectivity index (χ1n) is 8.45. The summed E-state index contributed by atoms with van der Waals surface area (Å²) in [6, 6.07) is 2.04. The number of esters is 1. The zero-order chi connectivity index (χ0) is 19.3. The first-order chi connectivity index (χ1) is 12.2. The summed E-state index contributed by atoms with van der Waals surface area (Å²) in [7, 11) is 1.42. The van der Waals surface area contributed by atoms with Gasteiger partial charge in [0.1, 0.15) is 0 Å². The van der Waals surface area contributed by atoms with E-state index in [-0.39, 0.29) is 17.6 Å². The van der Waals surface area contributed by atoms with Gasteiger partial charge < -0.3 is 10.5 Å². The Bertz CT molecular complexity index is 800. The topological polar surface area (TPSA) is 115 Å². The maximum Gasteiger partial charge on any atom is 0.311 e. The first-order valence-corrected chi connectivity index (χ1v) is 8.45. The normalized spacial score (nSPS) is 11.2. The van der Waals surface area contributed by atoms with Crippen LogP contribution >= 0.6 is 0 Å². The number of hydrogen-bond acceptors (Lipinski definition) is 6. The van der Waals surface area contributed by atoms with Crippen molar-refractivity contribution < 1.29 is 9.53 Å². The molecule has 2 heterocycles. The second-order valence-corrected chi connectivity index (χ2v) is 6.93. The molecule has 0 atom stereocenters. The highest BCUT2D eigenvalue weighted by molar-refractivity contribution is 5.91. The van der Waals surface area contributed by atoms with Crippen molar-refractivity contribution in [2.75, 3.05) is 7.11 Å². The molecule has 7 nitrogen and oxygen atoms in total. The number of aromatic nitrogens is 3. The predicted octanol–water partition coefficient (Wildman–Crippen LogP) is 2.65. The Morgan fingerprint density at radius 2 is 1.88 bits per heavy atom. The fraction of sp³-hybridized carbons (Fsp3) is 0.421. The van der Waals surface area contributed by atoms with E-state index in [9.17, 15) is 4.79 Å². The number of ether oxygens (including phenoxy) is 1. The lowest BCUT2D eigenvalue weighted by Crippen LogP contribution is -2.25. The number of nitrogens with one attached hydrogen (secondary N) is 1. The first kappa shape index (κ1) is 19.5. The fourth-order valence-corrected chi connectivity index (χ4v) is 2.75. The van der Waals surface area contributed by atoms with Gasteiger partial charge in [-0.2, -0.15) is 0 Å². The number of nitrogen functional groups attached to an aromatic ring is 1. The molecule has 0 aliphatic carbocycles. The largest absolute Gasteiger partial charge is 0.469 e. The van der Waals surface area contributed by atoms with Crippen LogP contribution in [0.15, 0.2) is 24.7 Å². The molecule has 26 heavy (non-hydrogen) atoms. The Balaban J connectivity index is 2.05. The van der Waals surface area contributed by atoms with Gasteiger partial charge in [-0.05, 0) is 51.7 Å². The third kappa shape index (κ3) is 4.62. The quantitative estimate of drug-likeness (QED) is 0.448. The van der Waals surface area contributed by atoms with E-state index in [4.69, 9.17) is 15.9 Å². The van der Waals surface area contributed by atoms with E-state index in [1.807, 2.05) is 33.0 Å². The molecule has 2 aromatic rings. The number of hydrogen-bond donors (Lipinski definition) is 2. The van der Waals surface area contributed by atoms with Crippen molar-refractivity contribution in [3.8, 4) is 11.1 Å². The van der Waals surface area contributed by atoms with Crippen molar-refractivity contribution in [1.29, 1.82) is 5.41 Å². The highest BCUT2D eigenvalue weighted by Crippen LogP contribution is 2.26. The van der Waals surface area contributed by atoms with Gasteiger partial charge in [-0.25, -0.2) is 9.97 Å². The van der Waals surface area contributed by atoms with Gasteiger partial charge in [0.2, 0.25) is 0 Å². The van der Waals surface area contributed by atoms with E-state index in [1.165, 1.54) is 7.11 Å². The summed E-state index contributed by atoms with van der Waals surface area (Å²) in [6.07, 6.45) is 7.48. The predicted molar refractivity (Wildman–Crippen MR) is 99.8 cm³/mol. The van der Waals surface area contributed by atoms with Crippen LogP contribution in [-0.4, -0.2) is 33.9 Å². The molecule has 0 aliphatic rings. The van der Waals surface area contributed by atoms with Crippen molar-refractivity contribution in [2.24, 2.45) is 11.1 Å². The molecule has 0 radical (unpaired) electrons. The number of pyridine rings is 1. The van der Waals surface area contributed by atoms with Crippen LogP contribution in [0.5, 0.6) is 0 Å². The Labute approximate surface area is 153 Å². The van der Waals surface area contributed by atoms with Crippen molar-refractivity contribution >= 4 is 11.8 Å². The number of nitrogens with two attached hydrogens (primary N) is 1. The fourth-order valence-electron chi connectivity index (χ4n) is 2.75. The van der Waals surface area contributed by atoms with E-state index in [0.717, 1.165) is 41.6 Å². The van der Waals surface area contributed by atoms with Gasteiger partial charge in [0.05, 0.1) is 12.5 Å². The summed E-state index contributed by atoms with van der Waals surface area (Å²) in [6.45, 7) is 5.80. The summed E-state index contributed by atoms with van der Waals surface area (Å²) < 4.78 is 4.84. The van der Waals surface area contributed by atoms with Gasteiger partial charge >= 0.3 is 5.97 Å². The van der Waals surface area contributed by atoms with Gasteiger partial charge in [-0.3, -0.25) is 15.2 Å². The molecule has 2 aromatic heterocycles. The monoisotopic (exact) mass is 355 g/mol. The molecule has 0 spiro atoms. The zero-order valence-electron chi connectivity index (χ0n) is 15.7. The standard InChI is InChI=1S/C19H25N5O2/c1-12-8-14(6-5-7-19(2,3)18(25)26-4)22-11-15(12)13-9-23-17(16(20)21)24-10-13/h8-11H,5-7H2,1-4H3,(H3,20,21). The Kier molecular flexibility index (Phi) is 6.02. The van der Waals surface area contributed by atoms with Gasteiger partial charge in [0, 0.05) is 35.4 Å². The molecule has 0 bridgehead atoms. The Morgan fingerprint density at radius 1 is 1.23 bits per heavy atom. The molecule has 0 saturated carbocycles. The van der Waals surface area contributed by atoms with Gasteiger partial charge in [0.15, 0.2) is 11.7 Å². The van der Waals surface area contributed by atoms with Gasteiger partial charge in [-0.1, -0.05) is 0 Å². The minimum atomic E-state index is -0.487. The number of methoxy groups -OCH3 is 1. The summed E-state index contributed by atoms with van der Waals surface area (Å²) in [4.78, 5) is 24.4. The average Bonchev–Trinajstić information content (AvgIpc) is 2.61. The third-order valence-electron chi connectivity index (χ3n) is 4.34. The van der Waals surface area contributed by atoms with Crippen molar-refractivity contribution in [3.63, 3.8) is 0 Å².